The van der Waals surface area contributed by atoms with E-state index in [0.717, 1.165) is 35.5 Å². The van der Waals surface area contributed by atoms with Gasteiger partial charge in [-0.2, -0.15) is 0 Å². The first-order valence-electron chi connectivity index (χ1n) is 8.03. The van der Waals surface area contributed by atoms with Crippen LogP contribution < -0.4 is 5.32 Å². The minimum absolute atomic E-state index is 0.118. The molecule has 6 nitrogen and oxygen atoms in total. The van der Waals surface area contributed by atoms with Gasteiger partial charge >= 0.3 is 0 Å². The third-order valence-corrected chi connectivity index (χ3v) is 3.80. The molecule has 0 bridgehead atoms. The molecule has 0 atom stereocenters. The second-order valence-corrected chi connectivity index (χ2v) is 5.63. The highest BCUT2D eigenvalue weighted by atomic mass is 16.6. The first-order valence-corrected chi connectivity index (χ1v) is 8.03. The van der Waals surface area contributed by atoms with E-state index in [0.29, 0.717) is 6.54 Å². The molecule has 126 valence electrons. The summed E-state index contributed by atoms with van der Waals surface area (Å²) in [4.78, 5) is 19.0. The summed E-state index contributed by atoms with van der Waals surface area (Å²) in [6, 6.07) is 16.5. The van der Waals surface area contributed by atoms with Crippen LogP contribution in [0.1, 0.15) is 11.1 Å². The van der Waals surface area contributed by atoms with Gasteiger partial charge in [0.15, 0.2) is 5.82 Å². The fourth-order valence-corrected chi connectivity index (χ4v) is 2.43. The van der Waals surface area contributed by atoms with Gasteiger partial charge in [-0.3, -0.25) is 10.1 Å². The summed E-state index contributed by atoms with van der Waals surface area (Å²) >= 11 is 0. The zero-order chi connectivity index (χ0) is 17.5. The van der Waals surface area contributed by atoms with Crippen molar-refractivity contribution in [3.8, 4) is 11.4 Å². The molecule has 0 aliphatic carbocycles. The molecule has 1 aromatic heterocycles. The van der Waals surface area contributed by atoms with Crippen LogP contribution in [0.2, 0.25) is 0 Å². The summed E-state index contributed by atoms with van der Waals surface area (Å²) in [6.45, 7) is 1.46. The Morgan fingerprint density at radius 2 is 1.60 bits per heavy atom. The van der Waals surface area contributed by atoms with Crippen molar-refractivity contribution < 1.29 is 4.92 Å². The summed E-state index contributed by atoms with van der Waals surface area (Å²) in [7, 11) is 0. The van der Waals surface area contributed by atoms with E-state index in [-0.39, 0.29) is 10.6 Å². The third-order valence-electron chi connectivity index (χ3n) is 3.80. The lowest BCUT2D eigenvalue weighted by Gasteiger charge is -2.06. The first kappa shape index (κ1) is 16.7. The highest BCUT2D eigenvalue weighted by Crippen LogP contribution is 2.13. The highest BCUT2D eigenvalue weighted by molar-refractivity contribution is 5.53. The van der Waals surface area contributed by atoms with Crippen molar-refractivity contribution in [3.05, 3.63) is 88.2 Å². The van der Waals surface area contributed by atoms with E-state index >= 15 is 0 Å². The number of nitrogens with one attached hydrogen (secondary N) is 1. The number of benzene rings is 2. The Labute approximate surface area is 145 Å². The molecule has 0 fully saturated rings. The van der Waals surface area contributed by atoms with Crippen molar-refractivity contribution in [2.75, 3.05) is 6.54 Å². The van der Waals surface area contributed by atoms with Crippen LogP contribution in [0, 0.1) is 10.1 Å². The normalized spacial score (nSPS) is 10.6. The molecular weight excluding hydrogens is 316 g/mol. The Kier molecular flexibility index (Phi) is 5.43. The van der Waals surface area contributed by atoms with E-state index in [1.165, 1.54) is 12.1 Å². The van der Waals surface area contributed by atoms with Gasteiger partial charge in [-0.1, -0.05) is 42.5 Å². The Hall–Kier alpha value is -3.12. The van der Waals surface area contributed by atoms with Crippen LogP contribution in [0.25, 0.3) is 11.4 Å². The number of hydrogen-bond acceptors (Lipinski definition) is 5. The maximum atomic E-state index is 10.6. The highest BCUT2D eigenvalue weighted by Gasteiger charge is 2.04. The van der Waals surface area contributed by atoms with Crippen molar-refractivity contribution in [2.45, 2.75) is 13.0 Å². The fraction of sp³-hybridized carbons (Fsp3) is 0.158. The van der Waals surface area contributed by atoms with E-state index in [2.05, 4.69) is 15.3 Å². The number of non-ortho nitro benzene ring substituents is 1. The lowest BCUT2D eigenvalue weighted by atomic mass is 10.1. The lowest BCUT2D eigenvalue weighted by molar-refractivity contribution is -0.384. The van der Waals surface area contributed by atoms with Gasteiger partial charge in [0.05, 0.1) is 4.92 Å². The van der Waals surface area contributed by atoms with Gasteiger partial charge in [-0.25, -0.2) is 9.97 Å². The molecule has 3 rings (SSSR count). The van der Waals surface area contributed by atoms with Crippen molar-refractivity contribution in [1.82, 2.24) is 15.3 Å². The fourth-order valence-electron chi connectivity index (χ4n) is 2.43. The monoisotopic (exact) mass is 334 g/mol. The minimum atomic E-state index is -0.388. The predicted octanol–water partition coefficient (Wildman–Crippen LogP) is 3.38. The van der Waals surface area contributed by atoms with E-state index in [9.17, 15) is 10.1 Å². The zero-order valence-electron chi connectivity index (χ0n) is 13.6. The van der Waals surface area contributed by atoms with Crippen LogP contribution in [0.4, 0.5) is 5.69 Å². The summed E-state index contributed by atoms with van der Waals surface area (Å²) in [5.74, 6) is 0.718. The third kappa shape index (κ3) is 4.68. The minimum Gasteiger partial charge on any atom is -0.312 e. The van der Waals surface area contributed by atoms with Gasteiger partial charge in [0, 0.05) is 42.2 Å². The number of nitro benzene ring substituents is 1. The molecule has 0 amide bonds. The number of nitrogens with zero attached hydrogens (tertiary/aromatic N) is 3. The second-order valence-electron chi connectivity index (χ2n) is 5.63. The van der Waals surface area contributed by atoms with E-state index < -0.39 is 0 Å². The van der Waals surface area contributed by atoms with Crippen LogP contribution in [0.3, 0.4) is 0 Å². The molecule has 0 radical (unpaired) electrons. The number of nitro groups is 1. The predicted molar refractivity (Wildman–Crippen MR) is 96.0 cm³/mol. The SMILES string of the molecule is O=[N+]([O-])c1ccc(CCNCc2cnc(-c3ccccc3)nc2)cc1. The summed E-state index contributed by atoms with van der Waals surface area (Å²) in [5.41, 5.74) is 3.20. The molecule has 6 heteroatoms. The molecule has 3 aromatic rings. The van der Waals surface area contributed by atoms with Gasteiger partial charge in [-0.15, -0.1) is 0 Å². The Morgan fingerprint density at radius 3 is 2.24 bits per heavy atom. The van der Waals surface area contributed by atoms with Gasteiger partial charge in [0.2, 0.25) is 0 Å². The number of hydrogen-bond donors (Lipinski definition) is 1. The molecule has 0 aliphatic rings. The average molecular weight is 334 g/mol. The smallest absolute Gasteiger partial charge is 0.269 e. The lowest BCUT2D eigenvalue weighted by Crippen LogP contribution is -2.17. The molecule has 0 aliphatic heterocycles. The maximum Gasteiger partial charge on any atom is 0.269 e. The molecule has 1 heterocycles. The Bertz CT molecular complexity index is 818. The van der Waals surface area contributed by atoms with Crippen LogP contribution in [0.5, 0.6) is 0 Å². The van der Waals surface area contributed by atoms with Crippen molar-refractivity contribution in [2.24, 2.45) is 0 Å². The van der Waals surface area contributed by atoms with E-state index in [1.807, 2.05) is 42.7 Å². The number of rotatable bonds is 7. The maximum absolute atomic E-state index is 10.6. The van der Waals surface area contributed by atoms with E-state index in [4.69, 9.17) is 0 Å². The molecule has 1 N–H and O–H groups in total. The summed E-state index contributed by atoms with van der Waals surface area (Å²) in [6.07, 6.45) is 4.46. The van der Waals surface area contributed by atoms with Crippen LogP contribution in [0.15, 0.2) is 67.0 Å². The Morgan fingerprint density at radius 1 is 0.920 bits per heavy atom. The van der Waals surface area contributed by atoms with Gasteiger partial charge < -0.3 is 5.32 Å². The molecule has 0 unspecified atom stereocenters. The van der Waals surface area contributed by atoms with Crippen LogP contribution >= 0.6 is 0 Å². The largest absolute Gasteiger partial charge is 0.312 e. The molecule has 0 saturated heterocycles. The number of aromatic nitrogens is 2. The molecular formula is C19H18N4O2. The molecule has 25 heavy (non-hydrogen) atoms. The van der Waals surface area contributed by atoms with Crippen molar-refractivity contribution in [1.29, 1.82) is 0 Å². The van der Waals surface area contributed by atoms with Gasteiger partial charge in [0.25, 0.3) is 5.69 Å². The molecule has 0 spiro atoms. The second kappa shape index (κ2) is 8.12. The molecule has 2 aromatic carbocycles. The standard InChI is InChI=1S/C19H18N4O2/c24-23(25)18-8-6-15(7-9-18)10-11-20-12-16-13-21-19(22-14-16)17-4-2-1-3-5-17/h1-9,13-14,20H,10-12H2. The van der Waals surface area contributed by atoms with Gasteiger partial charge in [0.1, 0.15) is 0 Å². The first-order chi connectivity index (χ1) is 12.2. The average Bonchev–Trinajstić information content (AvgIpc) is 2.67. The summed E-state index contributed by atoms with van der Waals surface area (Å²) < 4.78 is 0. The zero-order valence-corrected chi connectivity index (χ0v) is 13.6. The van der Waals surface area contributed by atoms with Crippen LogP contribution in [-0.2, 0) is 13.0 Å². The summed E-state index contributed by atoms with van der Waals surface area (Å²) in [5, 5.41) is 14.0. The van der Waals surface area contributed by atoms with E-state index in [1.54, 1.807) is 12.1 Å². The molecule has 0 saturated carbocycles. The van der Waals surface area contributed by atoms with Crippen molar-refractivity contribution in [3.63, 3.8) is 0 Å². The topological polar surface area (TPSA) is 81.0 Å². The quantitative estimate of drug-likeness (QED) is 0.407. The van der Waals surface area contributed by atoms with Crippen molar-refractivity contribution >= 4 is 5.69 Å². The Balaban J connectivity index is 1.47. The van der Waals surface area contributed by atoms with Gasteiger partial charge in [-0.05, 0) is 18.5 Å². The van der Waals surface area contributed by atoms with Crippen LogP contribution in [-0.4, -0.2) is 21.4 Å².